The molecule has 2 atom stereocenters. The number of aryl methyl sites for hydroxylation is 1. The molecule has 6 nitrogen and oxygen atoms in total. The SMILES string of the molecule is CCN(CC)S(=O)(=O)c1cc(NC(=O)[C@H]2CCN[C@@H](C)C2)ccc1C.Cl. The zero-order chi connectivity index (χ0) is 18.6. The average Bonchev–Trinajstić information content (AvgIpc) is 2.57. The van der Waals surface area contributed by atoms with Gasteiger partial charge in [0.25, 0.3) is 0 Å². The molecule has 1 heterocycles. The van der Waals surface area contributed by atoms with Gasteiger partial charge >= 0.3 is 0 Å². The number of hydrogen-bond donors (Lipinski definition) is 2. The van der Waals surface area contributed by atoms with Crippen LogP contribution in [0.2, 0.25) is 0 Å². The van der Waals surface area contributed by atoms with Crippen LogP contribution in [0.1, 0.15) is 39.2 Å². The molecular weight excluding hydrogens is 374 g/mol. The maximum atomic E-state index is 12.8. The van der Waals surface area contributed by atoms with Gasteiger partial charge in [0.2, 0.25) is 15.9 Å². The summed E-state index contributed by atoms with van der Waals surface area (Å²) >= 11 is 0. The number of piperidine rings is 1. The van der Waals surface area contributed by atoms with Gasteiger partial charge in [-0.2, -0.15) is 4.31 Å². The molecule has 0 spiro atoms. The van der Waals surface area contributed by atoms with Crippen LogP contribution in [0.4, 0.5) is 5.69 Å². The summed E-state index contributed by atoms with van der Waals surface area (Å²) in [5, 5.41) is 6.22. The van der Waals surface area contributed by atoms with Gasteiger partial charge in [0.15, 0.2) is 0 Å². The summed E-state index contributed by atoms with van der Waals surface area (Å²) in [7, 11) is -3.55. The lowest BCUT2D eigenvalue weighted by atomic mass is 9.92. The lowest BCUT2D eigenvalue weighted by molar-refractivity contribution is -0.120. The molecule has 2 rings (SSSR count). The molecule has 0 unspecified atom stereocenters. The zero-order valence-electron chi connectivity index (χ0n) is 15.9. The summed E-state index contributed by atoms with van der Waals surface area (Å²) in [6.07, 6.45) is 1.59. The van der Waals surface area contributed by atoms with Crippen LogP contribution in [0.3, 0.4) is 0 Å². The van der Waals surface area contributed by atoms with Crippen LogP contribution >= 0.6 is 12.4 Å². The van der Waals surface area contributed by atoms with Crippen LogP contribution in [0.25, 0.3) is 0 Å². The second kappa shape index (κ2) is 9.69. The number of rotatable bonds is 6. The summed E-state index contributed by atoms with van der Waals surface area (Å²) in [6.45, 7) is 9.15. The minimum Gasteiger partial charge on any atom is -0.326 e. The molecule has 1 fully saturated rings. The number of hydrogen-bond acceptors (Lipinski definition) is 4. The number of carbonyl (C=O) groups excluding carboxylic acids is 1. The van der Waals surface area contributed by atoms with Crippen molar-refractivity contribution in [3.8, 4) is 0 Å². The van der Waals surface area contributed by atoms with E-state index in [0.29, 0.717) is 30.4 Å². The summed E-state index contributed by atoms with van der Waals surface area (Å²) in [6, 6.07) is 5.41. The van der Waals surface area contributed by atoms with Gasteiger partial charge in [-0.05, 0) is 50.9 Å². The van der Waals surface area contributed by atoms with E-state index in [1.807, 2.05) is 13.8 Å². The first-order valence-electron chi connectivity index (χ1n) is 8.94. The molecule has 2 N–H and O–H groups in total. The van der Waals surface area contributed by atoms with E-state index in [4.69, 9.17) is 0 Å². The van der Waals surface area contributed by atoms with Crippen LogP contribution in [0.5, 0.6) is 0 Å². The first-order valence-corrected chi connectivity index (χ1v) is 10.4. The van der Waals surface area contributed by atoms with E-state index in [1.165, 1.54) is 4.31 Å². The molecule has 8 heteroatoms. The molecule has 0 saturated carbocycles. The van der Waals surface area contributed by atoms with Crippen molar-refractivity contribution in [1.82, 2.24) is 9.62 Å². The van der Waals surface area contributed by atoms with Crippen molar-refractivity contribution in [1.29, 1.82) is 0 Å². The van der Waals surface area contributed by atoms with Crippen molar-refractivity contribution >= 4 is 34.0 Å². The molecule has 1 aliphatic rings. The standard InChI is InChI=1S/C18H29N3O3S.ClH/c1-5-21(6-2)25(23,24)17-12-16(8-7-13(17)3)20-18(22)15-9-10-19-14(4)11-15;/h7-8,12,14-15,19H,5-6,9-11H2,1-4H3,(H,20,22);1H/t14-,15-;/m0./s1. The number of amides is 1. The Kier molecular flexibility index (Phi) is 8.53. The Labute approximate surface area is 163 Å². The van der Waals surface area contributed by atoms with Crippen molar-refractivity contribution in [3.05, 3.63) is 23.8 Å². The molecule has 1 aromatic rings. The Morgan fingerprint density at radius 2 is 1.96 bits per heavy atom. The van der Waals surface area contributed by atoms with Crippen molar-refractivity contribution in [2.24, 2.45) is 5.92 Å². The average molecular weight is 404 g/mol. The number of carbonyl (C=O) groups is 1. The molecule has 1 amide bonds. The zero-order valence-corrected chi connectivity index (χ0v) is 17.5. The van der Waals surface area contributed by atoms with E-state index in [0.717, 1.165) is 19.4 Å². The molecule has 1 saturated heterocycles. The van der Waals surface area contributed by atoms with Gasteiger partial charge < -0.3 is 10.6 Å². The Hall–Kier alpha value is -1.15. The van der Waals surface area contributed by atoms with Gasteiger partial charge in [-0.1, -0.05) is 19.9 Å². The van der Waals surface area contributed by atoms with E-state index >= 15 is 0 Å². The van der Waals surface area contributed by atoms with Gasteiger partial charge in [0.05, 0.1) is 4.90 Å². The molecule has 0 bridgehead atoms. The highest BCUT2D eigenvalue weighted by Crippen LogP contribution is 2.25. The second-order valence-corrected chi connectivity index (χ2v) is 8.54. The molecule has 148 valence electrons. The molecule has 0 aliphatic carbocycles. The topological polar surface area (TPSA) is 78.5 Å². The van der Waals surface area contributed by atoms with E-state index in [2.05, 4.69) is 17.6 Å². The van der Waals surface area contributed by atoms with E-state index < -0.39 is 10.0 Å². The van der Waals surface area contributed by atoms with Crippen molar-refractivity contribution in [2.75, 3.05) is 25.0 Å². The number of halogens is 1. The van der Waals surface area contributed by atoms with E-state index in [9.17, 15) is 13.2 Å². The number of anilines is 1. The van der Waals surface area contributed by atoms with E-state index in [1.54, 1.807) is 25.1 Å². The second-order valence-electron chi connectivity index (χ2n) is 6.64. The minimum absolute atomic E-state index is 0. The summed E-state index contributed by atoms with van der Waals surface area (Å²) < 4.78 is 27.0. The number of sulfonamides is 1. The number of nitrogens with one attached hydrogen (secondary N) is 2. The Morgan fingerprint density at radius 3 is 2.54 bits per heavy atom. The predicted molar refractivity (Wildman–Crippen MR) is 107 cm³/mol. The van der Waals surface area contributed by atoms with Crippen molar-refractivity contribution < 1.29 is 13.2 Å². The third kappa shape index (κ3) is 5.19. The summed E-state index contributed by atoms with van der Waals surface area (Å²) in [4.78, 5) is 12.8. The molecule has 1 aromatic carbocycles. The maximum absolute atomic E-state index is 12.8. The van der Waals surface area contributed by atoms with Gasteiger partial charge in [-0.25, -0.2) is 8.42 Å². The van der Waals surface area contributed by atoms with Crippen LogP contribution in [-0.4, -0.2) is 44.3 Å². The monoisotopic (exact) mass is 403 g/mol. The third-order valence-electron chi connectivity index (χ3n) is 4.77. The summed E-state index contributed by atoms with van der Waals surface area (Å²) in [5.74, 6) is -0.0798. The Balaban J connectivity index is 0.00000338. The van der Waals surface area contributed by atoms with Crippen molar-refractivity contribution in [2.45, 2.75) is 51.5 Å². The van der Waals surface area contributed by atoms with Crippen molar-refractivity contribution in [3.63, 3.8) is 0 Å². The lowest BCUT2D eigenvalue weighted by Crippen LogP contribution is -2.40. The molecule has 0 radical (unpaired) electrons. The lowest BCUT2D eigenvalue weighted by Gasteiger charge is -2.27. The number of benzene rings is 1. The van der Waals surface area contributed by atoms with Crippen LogP contribution < -0.4 is 10.6 Å². The third-order valence-corrected chi connectivity index (χ3v) is 6.97. The van der Waals surface area contributed by atoms with Crippen LogP contribution in [-0.2, 0) is 14.8 Å². The largest absolute Gasteiger partial charge is 0.326 e. The van der Waals surface area contributed by atoms with Gasteiger partial charge in [0, 0.05) is 30.7 Å². The molecular formula is C18H30ClN3O3S. The smallest absolute Gasteiger partial charge is 0.243 e. The Morgan fingerprint density at radius 1 is 1.31 bits per heavy atom. The fourth-order valence-corrected chi connectivity index (χ4v) is 4.98. The highest BCUT2D eigenvalue weighted by atomic mass is 35.5. The maximum Gasteiger partial charge on any atom is 0.243 e. The number of nitrogens with zero attached hydrogens (tertiary/aromatic N) is 1. The van der Waals surface area contributed by atoms with Crippen LogP contribution in [0, 0.1) is 12.8 Å². The molecule has 26 heavy (non-hydrogen) atoms. The highest BCUT2D eigenvalue weighted by molar-refractivity contribution is 7.89. The molecule has 1 aliphatic heterocycles. The van der Waals surface area contributed by atoms with E-state index in [-0.39, 0.29) is 29.1 Å². The van der Waals surface area contributed by atoms with Gasteiger partial charge in [0.1, 0.15) is 0 Å². The normalized spacial score (nSPS) is 20.5. The Bertz CT molecular complexity index is 720. The highest BCUT2D eigenvalue weighted by Gasteiger charge is 2.26. The first-order chi connectivity index (χ1) is 11.8. The van der Waals surface area contributed by atoms with Crippen LogP contribution in [0.15, 0.2) is 23.1 Å². The van der Waals surface area contributed by atoms with Gasteiger partial charge in [-0.3, -0.25) is 4.79 Å². The summed E-state index contributed by atoms with van der Waals surface area (Å²) in [5.41, 5.74) is 1.22. The fourth-order valence-electron chi connectivity index (χ4n) is 3.27. The van der Waals surface area contributed by atoms with Gasteiger partial charge in [-0.15, -0.1) is 12.4 Å². The fraction of sp³-hybridized carbons (Fsp3) is 0.611. The first kappa shape index (κ1) is 22.9. The minimum atomic E-state index is -3.55. The quantitative estimate of drug-likeness (QED) is 0.765. The molecule has 0 aromatic heterocycles. The predicted octanol–water partition coefficient (Wildman–Crippen LogP) is 2.77.